The Hall–Kier alpha value is -1.98. The smallest absolute Gasteiger partial charge is 0.366 e. The van der Waals surface area contributed by atoms with E-state index in [0.717, 1.165) is 6.07 Å². The highest BCUT2D eigenvalue weighted by atomic mass is 19.4. The second-order valence-electron chi connectivity index (χ2n) is 3.35. The highest BCUT2D eigenvalue weighted by Crippen LogP contribution is 2.31. The summed E-state index contributed by atoms with van der Waals surface area (Å²) in [4.78, 5) is 13.0. The first kappa shape index (κ1) is 10.5. The predicted octanol–water partition coefficient (Wildman–Crippen LogP) is 2.29. The Balaban J connectivity index is 2.59. The largest absolute Gasteiger partial charge is 0.431 e. The van der Waals surface area contributed by atoms with E-state index in [1.807, 2.05) is 0 Å². The van der Waals surface area contributed by atoms with Gasteiger partial charge in [0.15, 0.2) is 0 Å². The van der Waals surface area contributed by atoms with E-state index in [0.29, 0.717) is 5.39 Å². The molecule has 0 aliphatic carbocycles. The van der Waals surface area contributed by atoms with Gasteiger partial charge in [0, 0.05) is 16.5 Å². The average Bonchev–Trinajstić information content (AvgIpc) is 2.58. The zero-order chi connectivity index (χ0) is 11.9. The van der Waals surface area contributed by atoms with Gasteiger partial charge >= 0.3 is 6.18 Å². The Kier molecular flexibility index (Phi) is 2.15. The van der Waals surface area contributed by atoms with E-state index < -0.39 is 17.8 Å². The van der Waals surface area contributed by atoms with Crippen LogP contribution in [-0.2, 0) is 6.18 Å². The van der Waals surface area contributed by atoms with Gasteiger partial charge in [0.1, 0.15) is 5.69 Å². The molecule has 6 heteroatoms. The van der Waals surface area contributed by atoms with Crippen LogP contribution in [0.5, 0.6) is 0 Å². The molecule has 2 rings (SSSR count). The highest BCUT2D eigenvalue weighted by molar-refractivity contribution is 5.97. The van der Waals surface area contributed by atoms with Crippen molar-refractivity contribution in [1.29, 1.82) is 0 Å². The van der Waals surface area contributed by atoms with Crippen molar-refractivity contribution in [2.75, 3.05) is 0 Å². The summed E-state index contributed by atoms with van der Waals surface area (Å²) in [5.41, 5.74) is 4.59. The fourth-order valence-corrected chi connectivity index (χ4v) is 1.43. The molecule has 84 valence electrons. The fraction of sp³-hybridized carbons (Fsp3) is 0.100. The number of nitrogens with two attached hydrogens (primary N) is 1. The maximum atomic E-state index is 12.4. The number of primary amides is 1. The van der Waals surface area contributed by atoms with Crippen LogP contribution in [0.4, 0.5) is 13.2 Å². The Morgan fingerprint density at radius 3 is 2.50 bits per heavy atom. The van der Waals surface area contributed by atoms with Crippen molar-refractivity contribution in [1.82, 2.24) is 4.98 Å². The van der Waals surface area contributed by atoms with Crippen LogP contribution in [0.25, 0.3) is 10.9 Å². The Labute approximate surface area is 88.1 Å². The molecule has 2 aromatic rings. The minimum atomic E-state index is -4.42. The van der Waals surface area contributed by atoms with E-state index in [1.54, 1.807) is 0 Å². The number of halogens is 3. The van der Waals surface area contributed by atoms with Gasteiger partial charge in [-0.1, -0.05) is 6.07 Å². The Morgan fingerprint density at radius 2 is 1.94 bits per heavy atom. The molecule has 0 aliphatic rings. The van der Waals surface area contributed by atoms with E-state index >= 15 is 0 Å². The number of H-pyrrole nitrogens is 1. The van der Waals surface area contributed by atoms with Gasteiger partial charge in [-0.15, -0.1) is 0 Å². The van der Waals surface area contributed by atoms with E-state index in [1.165, 1.54) is 18.2 Å². The molecule has 1 aromatic carbocycles. The molecule has 0 unspecified atom stereocenters. The number of rotatable bonds is 1. The van der Waals surface area contributed by atoms with Crippen LogP contribution < -0.4 is 5.73 Å². The average molecular weight is 228 g/mol. The number of aromatic amines is 1. The van der Waals surface area contributed by atoms with Crippen LogP contribution in [0.2, 0.25) is 0 Å². The number of aromatic nitrogens is 1. The number of alkyl halides is 3. The summed E-state index contributed by atoms with van der Waals surface area (Å²) in [6, 6.07) is 5.09. The van der Waals surface area contributed by atoms with Crippen molar-refractivity contribution in [3.63, 3.8) is 0 Å². The molecular weight excluding hydrogens is 221 g/mol. The minimum Gasteiger partial charge on any atom is -0.366 e. The van der Waals surface area contributed by atoms with E-state index in [-0.39, 0.29) is 11.1 Å². The van der Waals surface area contributed by atoms with Crippen LogP contribution in [0.3, 0.4) is 0 Å². The molecule has 0 saturated carbocycles. The van der Waals surface area contributed by atoms with Gasteiger partial charge in [-0.3, -0.25) is 4.79 Å². The topological polar surface area (TPSA) is 58.9 Å². The van der Waals surface area contributed by atoms with E-state index in [2.05, 4.69) is 4.98 Å². The molecule has 0 bridgehead atoms. The number of carbonyl (C=O) groups is 1. The molecule has 0 saturated heterocycles. The first-order valence-electron chi connectivity index (χ1n) is 4.38. The van der Waals surface area contributed by atoms with Gasteiger partial charge in [0.25, 0.3) is 0 Å². The standard InChI is InChI=1S/C10H7F3N2O/c11-10(12,13)8-4-5-1-2-6(9(14)16)3-7(5)15-8/h1-4,15H,(H2,14,16). The summed E-state index contributed by atoms with van der Waals surface area (Å²) in [6.45, 7) is 0. The minimum absolute atomic E-state index is 0.170. The number of benzene rings is 1. The number of fused-ring (bicyclic) bond motifs is 1. The van der Waals surface area contributed by atoms with Crippen LogP contribution in [0.1, 0.15) is 16.1 Å². The van der Waals surface area contributed by atoms with Gasteiger partial charge < -0.3 is 10.7 Å². The quantitative estimate of drug-likeness (QED) is 0.772. The first-order valence-corrected chi connectivity index (χ1v) is 4.38. The summed E-state index contributed by atoms with van der Waals surface area (Å²) < 4.78 is 37.1. The third kappa shape index (κ3) is 1.73. The van der Waals surface area contributed by atoms with Gasteiger partial charge in [0.2, 0.25) is 5.91 Å². The lowest BCUT2D eigenvalue weighted by Crippen LogP contribution is -2.10. The van der Waals surface area contributed by atoms with Crippen LogP contribution >= 0.6 is 0 Å². The zero-order valence-electron chi connectivity index (χ0n) is 7.93. The summed E-state index contributed by atoms with van der Waals surface area (Å²) in [5.74, 6) is -0.676. The number of nitrogens with one attached hydrogen (secondary N) is 1. The summed E-state index contributed by atoms with van der Waals surface area (Å²) in [7, 11) is 0. The SMILES string of the molecule is NC(=O)c1ccc2cc(C(F)(F)F)[nH]c2c1. The molecular formula is C10H7F3N2O. The molecule has 3 nitrogen and oxygen atoms in total. The molecule has 1 heterocycles. The molecule has 0 radical (unpaired) electrons. The molecule has 1 amide bonds. The third-order valence-corrected chi connectivity index (χ3v) is 2.21. The van der Waals surface area contributed by atoms with E-state index in [4.69, 9.17) is 5.73 Å². The lowest BCUT2D eigenvalue weighted by molar-refractivity contribution is -0.140. The van der Waals surface area contributed by atoms with Crippen LogP contribution in [0.15, 0.2) is 24.3 Å². The molecule has 0 aliphatic heterocycles. The number of amides is 1. The fourth-order valence-electron chi connectivity index (χ4n) is 1.43. The van der Waals surface area contributed by atoms with Crippen molar-refractivity contribution >= 4 is 16.8 Å². The number of hydrogen-bond acceptors (Lipinski definition) is 1. The second-order valence-corrected chi connectivity index (χ2v) is 3.35. The molecule has 0 atom stereocenters. The van der Waals surface area contributed by atoms with Crippen molar-refractivity contribution in [3.8, 4) is 0 Å². The van der Waals surface area contributed by atoms with Crippen molar-refractivity contribution in [2.24, 2.45) is 5.73 Å². The Bertz CT molecular complexity index is 557. The number of carbonyl (C=O) groups excluding carboxylic acids is 1. The zero-order valence-corrected chi connectivity index (χ0v) is 7.93. The molecule has 0 fully saturated rings. The molecule has 16 heavy (non-hydrogen) atoms. The summed E-state index contributed by atoms with van der Waals surface area (Å²) >= 11 is 0. The summed E-state index contributed by atoms with van der Waals surface area (Å²) in [5, 5.41) is 0.386. The van der Waals surface area contributed by atoms with E-state index in [9.17, 15) is 18.0 Å². The number of hydrogen-bond donors (Lipinski definition) is 2. The lowest BCUT2D eigenvalue weighted by atomic mass is 10.1. The molecule has 0 spiro atoms. The Morgan fingerprint density at radius 1 is 1.25 bits per heavy atom. The van der Waals surface area contributed by atoms with Gasteiger partial charge in [-0.2, -0.15) is 13.2 Å². The van der Waals surface area contributed by atoms with Gasteiger partial charge in [-0.25, -0.2) is 0 Å². The van der Waals surface area contributed by atoms with Gasteiger partial charge in [0.05, 0.1) is 0 Å². The van der Waals surface area contributed by atoms with Crippen molar-refractivity contribution < 1.29 is 18.0 Å². The third-order valence-electron chi connectivity index (χ3n) is 2.21. The molecule has 1 aromatic heterocycles. The molecule has 3 N–H and O–H groups in total. The monoisotopic (exact) mass is 228 g/mol. The lowest BCUT2D eigenvalue weighted by Gasteiger charge is -2.00. The maximum absolute atomic E-state index is 12.4. The second kappa shape index (κ2) is 3.26. The first-order chi connectivity index (χ1) is 7.38. The predicted molar refractivity (Wildman–Crippen MR) is 51.8 cm³/mol. The maximum Gasteiger partial charge on any atom is 0.431 e. The van der Waals surface area contributed by atoms with Crippen molar-refractivity contribution in [3.05, 3.63) is 35.5 Å². The normalized spacial score (nSPS) is 11.9. The summed E-state index contributed by atoms with van der Waals surface area (Å²) in [6.07, 6.45) is -4.42. The van der Waals surface area contributed by atoms with Crippen LogP contribution in [-0.4, -0.2) is 10.9 Å². The van der Waals surface area contributed by atoms with Crippen LogP contribution in [0, 0.1) is 0 Å². The highest BCUT2D eigenvalue weighted by Gasteiger charge is 2.32. The van der Waals surface area contributed by atoms with Crippen molar-refractivity contribution in [2.45, 2.75) is 6.18 Å². The van der Waals surface area contributed by atoms with Gasteiger partial charge in [-0.05, 0) is 18.2 Å².